The van der Waals surface area contributed by atoms with Gasteiger partial charge in [-0.3, -0.25) is 4.79 Å². The van der Waals surface area contributed by atoms with Crippen LogP contribution in [-0.4, -0.2) is 22.3 Å². The second kappa shape index (κ2) is 10.7. The third-order valence-electron chi connectivity index (χ3n) is 4.42. The molecular formula is C24H22BrClO3. The molecule has 3 rings (SSSR count). The molecule has 29 heavy (non-hydrogen) atoms. The fourth-order valence-corrected chi connectivity index (χ4v) is 3.54. The normalized spacial score (nSPS) is 14.1. The first-order valence-electron chi connectivity index (χ1n) is 9.32. The van der Waals surface area contributed by atoms with Gasteiger partial charge in [0.05, 0.1) is 19.8 Å². The minimum Gasteiger partial charge on any atom is -0.374 e. The lowest BCUT2D eigenvalue weighted by atomic mass is 10.0. The van der Waals surface area contributed by atoms with Crippen LogP contribution in [0.5, 0.6) is 0 Å². The van der Waals surface area contributed by atoms with Crippen molar-refractivity contribution in [1.29, 1.82) is 0 Å². The quantitative estimate of drug-likeness (QED) is 0.267. The topological polar surface area (TPSA) is 35.5 Å². The highest BCUT2D eigenvalue weighted by Crippen LogP contribution is 2.35. The number of ketones is 1. The van der Waals surface area contributed by atoms with E-state index in [1.807, 2.05) is 66.7 Å². The van der Waals surface area contributed by atoms with Crippen molar-refractivity contribution >= 4 is 33.3 Å². The van der Waals surface area contributed by atoms with Crippen LogP contribution in [0, 0.1) is 0 Å². The van der Waals surface area contributed by atoms with E-state index < -0.39 is 9.89 Å². The third-order valence-corrected chi connectivity index (χ3v) is 5.70. The Hall–Kier alpha value is -1.98. The lowest BCUT2D eigenvalue weighted by molar-refractivity contribution is -0.0317. The van der Waals surface area contributed by atoms with Crippen LogP contribution >= 0.6 is 27.5 Å². The molecule has 5 heteroatoms. The van der Waals surface area contributed by atoms with Gasteiger partial charge < -0.3 is 9.47 Å². The van der Waals surface area contributed by atoms with Crippen LogP contribution < -0.4 is 0 Å². The molecule has 3 nitrogen and oxygen atoms in total. The van der Waals surface area contributed by atoms with Crippen molar-refractivity contribution in [3.05, 3.63) is 108 Å². The van der Waals surface area contributed by atoms with Gasteiger partial charge in [-0.1, -0.05) is 119 Å². The number of hydrogen-bond donors (Lipinski definition) is 0. The van der Waals surface area contributed by atoms with Gasteiger partial charge in [-0.05, 0) is 11.1 Å². The van der Waals surface area contributed by atoms with Crippen molar-refractivity contribution in [1.82, 2.24) is 0 Å². The second-order valence-corrected chi connectivity index (χ2v) is 8.91. The second-order valence-electron chi connectivity index (χ2n) is 6.60. The van der Waals surface area contributed by atoms with Crippen LogP contribution in [0.3, 0.4) is 0 Å². The molecule has 0 aliphatic carbocycles. The third kappa shape index (κ3) is 6.25. The minimum absolute atomic E-state index is 0.162. The molecule has 0 amide bonds. The van der Waals surface area contributed by atoms with Gasteiger partial charge in [-0.25, -0.2) is 0 Å². The van der Waals surface area contributed by atoms with E-state index in [1.165, 1.54) is 0 Å². The molecule has 0 N–H and O–H groups in total. The summed E-state index contributed by atoms with van der Waals surface area (Å²) in [7, 11) is 0. The summed E-state index contributed by atoms with van der Waals surface area (Å²) in [5.74, 6) is -0.263. The zero-order chi connectivity index (χ0) is 20.5. The van der Waals surface area contributed by atoms with E-state index in [-0.39, 0.29) is 12.4 Å². The largest absolute Gasteiger partial charge is 0.374 e. The average molecular weight is 474 g/mol. The Morgan fingerprint density at radius 1 is 0.828 bits per heavy atom. The molecule has 0 saturated heterocycles. The van der Waals surface area contributed by atoms with Crippen LogP contribution in [0.1, 0.15) is 21.5 Å². The fourth-order valence-electron chi connectivity index (χ4n) is 2.81. The standard InChI is InChI=1S/C24H22BrClO3/c25-24(26,23(27)21-14-8-3-9-15-21)22(29-17-20-12-6-2-7-13-20)18-28-16-19-10-4-1-5-11-19/h1-15,22H,16-18H2. The molecular weight excluding hydrogens is 452 g/mol. The van der Waals surface area contributed by atoms with E-state index in [4.69, 9.17) is 21.1 Å². The highest BCUT2D eigenvalue weighted by Gasteiger charge is 2.43. The Bertz CT molecular complexity index is 886. The van der Waals surface area contributed by atoms with Gasteiger partial charge in [0.2, 0.25) is 0 Å². The van der Waals surface area contributed by atoms with Crippen LogP contribution in [0.15, 0.2) is 91.0 Å². The first-order chi connectivity index (χ1) is 14.1. The fraction of sp³-hybridized carbons (Fsp3) is 0.208. The molecule has 0 aliphatic rings. The molecule has 0 heterocycles. The predicted octanol–water partition coefficient (Wildman–Crippen LogP) is 6.00. The molecule has 0 fully saturated rings. The maximum atomic E-state index is 13.0. The summed E-state index contributed by atoms with van der Waals surface area (Å²) in [4.78, 5) is 13.0. The van der Waals surface area contributed by atoms with Crippen LogP contribution in [0.25, 0.3) is 0 Å². The summed E-state index contributed by atoms with van der Waals surface area (Å²) in [6.45, 7) is 0.892. The van der Waals surface area contributed by atoms with E-state index in [0.717, 1.165) is 11.1 Å². The van der Waals surface area contributed by atoms with Gasteiger partial charge in [0.15, 0.2) is 9.57 Å². The molecule has 3 aromatic carbocycles. The van der Waals surface area contributed by atoms with Gasteiger partial charge >= 0.3 is 0 Å². The average Bonchev–Trinajstić information content (AvgIpc) is 2.77. The number of ether oxygens (including phenoxy) is 2. The molecule has 0 saturated carbocycles. The molecule has 0 aromatic heterocycles. The first kappa shape index (κ1) is 21.7. The van der Waals surface area contributed by atoms with Crippen molar-refractivity contribution in [3.63, 3.8) is 0 Å². The Balaban J connectivity index is 1.72. The van der Waals surface area contributed by atoms with Crippen molar-refractivity contribution in [2.75, 3.05) is 6.61 Å². The molecule has 0 spiro atoms. The van der Waals surface area contributed by atoms with Crippen molar-refractivity contribution in [2.45, 2.75) is 23.1 Å². The smallest absolute Gasteiger partial charge is 0.197 e. The SMILES string of the molecule is O=C(c1ccccc1)C(Cl)(Br)C(COCc1ccccc1)OCc1ccccc1. The molecule has 0 radical (unpaired) electrons. The lowest BCUT2D eigenvalue weighted by Gasteiger charge is -2.29. The first-order valence-corrected chi connectivity index (χ1v) is 10.5. The number of rotatable bonds is 10. The number of hydrogen-bond acceptors (Lipinski definition) is 3. The number of benzene rings is 3. The van der Waals surface area contributed by atoms with Gasteiger partial charge in [-0.2, -0.15) is 0 Å². The molecule has 3 aromatic rings. The number of halogens is 2. The van der Waals surface area contributed by atoms with Crippen molar-refractivity contribution in [3.8, 4) is 0 Å². The molecule has 0 aliphatic heterocycles. The lowest BCUT2D eigenvalue weighted by Crippen LogP contribution is -2.43. The van der Waals surface area contributed by atoms with Crippen molar-refractivity contribution in [2.24, 2.45) is 0 Å². The Morgan fingerprint density at radius 3 is 1.86 bits per heavy atom. The van der Waals surface area contributed by atoms with Gasteiger partial charge in [0.25, 0.3) is 0 Å². The summed E-state index contributed by atoms with van der Waals surface area (Å²) in [6.07, 6.45) is -0.694. The summed E-state index contributed by atoms with van der Waals surface area (Å²) >= 11 is 10.1. The van der Waals surface area contributed by atoms with Gasteiger partial charge in [0, 0.05) is 5.56 Å². The van der Waals surface area contributed by atoms with Crippen LogP contribution in [0.2, 0.25) is 0 Å². The summed E-state index contributed by atoms with van der Waals surface area (Å²) in [5.41, 5.74) is 2.54. The maximum absolute atomic E-state index is 13.0. The van der Waals surface area contributed by atoms with E-state index >= 15 is 0 Å². The summed E-state index contributed by atoms with van der Waals surface area (Å²) in [5, 5.41) is 0. The zero-order valence-electron chi connectivity index (χ0n) is 15.8. The monoisotopic (exact) mass is 472 g/mol. The molecule has 0 bridgehead atoms. The maximum Gasteiger partial charge on any atom is 0.197 e. The van der Waals surface area contributed by atoms with Crippen molar-refractivity contribution < 1.29 is 14.3 Å². The molecule has 2 atom stereocenters. The number of Topliss-reactive ketones (excluding diaryl/α,β-unsaturated/α-hetero) is 1. The number of carbonyl (C=O) groups is 1. The van der Waals surface area contributed by atoms with Crippen LogP contribution in [0.4, 0.5) is 0 Å². The molecule has 150 valence electrons. The Labute approximate surface area is 184 Å². The van der Waals surface area contributed by atoms with Gasteiger partial charge in [0.1, 0.15) is 6.10 Å². The highest BCUT2D eigenvalue weighted by molar-refractivity contribution is 9.10. The number of carbonyl (C=O) groups excluding carboxylic acids is 1. The Kier molecular flexibility index (Phi) is 8.01. The van der Waals surface area contributed by atoms with E-state index in [9.17, 15) is 4.79 Å². The Morgan fingerprint density at radius 2 is 1.31 bits per heavy atom. The predicted molar refractivity (Wildman–Crippen MR) is 119 cm³/mol. The molecule has 2 unspecified atom stereocenters. The minimum atomic E-state index is -1.44. The van der Waals surface area contributed by atoms with Gasteiger partial charge in [-0.15, -0.1) is 0 Å². The van der Waals surface area contributed by atoms with E-state index in [0.29, 0.717) is 18.8 Å². The van der Waals surface area contributed by atoms with E-state index in [1.54, 1.807) is 24.3 Å². The summed E-state index contributed by atoms with van der Waals surface area (Å²) < 4.78 is 10.5. The zero-order valence-corrected chi connectivity index (χ0v) is 18.2. The number of alkyl halides is 2. The van der Waals surface area contributed by atoms with Crippen LogP contribution in [-0.2, 0) is 22.7 Å². The highest BCUT2D eigenvalue weighted by atomic mass is 79.9. The van der Waals surface area contributed by atoms with E-state index in [2.05, 4.69) is 15.9 Å². The summed E-state index contributed by atoms with van der Waals surface area (Å²) in [6, 6.07) is 28.5.